The quantitative estimate of drug-likeness (QED) is 0.214. The summed E-state index contributed by atoms with van der Waals surface area (Å²) < 4.78 is 11.5. The van der Waals surface area contributed by atoms with Gasteiger partial charge in [0, 0.05) is 21.8 Å². The number of carbonyl (C=O) groups excluding carboxylic acids is 1. The maximum atomic E-state index is 13.6. The predicted octanol–water partition coefficient (Wildman–Crippen LogP) is 8.52. The molecule has 1 aliphatic carbocycles. The fourth-order valence-corrected chi connectivity index (χ4v) is 6.03. The lowest BCUT2D eigenvalue weighted by Crippen LogP contribution is -2.27. The normalized spacial score (nSPS) is 15.2. The zero-order valence-corrected chi connectivity index (χ0v) is 24.0. The van der Waals surface area contributed by atoms with E-state index in [2.05, 4.69) is 32.7 Å². The highest BCUT2D eigenvalue weighted by atomic mass is 35.5. The number of ether oxygens (including phenoxy) is 2. The lowest BCUT2D eigenvalue weighted by Gasteiger charge is -2.33. The van der Waals surface area contributed by atoms with Crippen molar-refractivity contribution in [2.45, 2.75) is 47.0 Å². The molecule has 2 aromatic carbocycles. The van der Waals surface area contributed by atoms with Gasteiger partial charge in [0.25, 0.3) is 5.91 Å². The first kappa shape index (κ1) is 27.9. The fraction of sp³-hybridized carbons (Fsp3) is 0.355. The van der Waals surface area contributed by atoms with Gasteiger partial charge in [-0.15, -0.1) is 11.3 Å². The first-order valence-electron chi connectivity index (χ1n) is 13.0. The molecule has 1 amide bonds. The minimum atomic E-state index is -0.144. The third-order valence-corrected chi connectivity index (χ3v) is 8.17. The Morgan fingerprint density at radius 3 is 2.63 bits per heavy atom. The third-order valence-electron chi connectivity index (χ3n) is 6.76. The monoisotopic (exact) mass is 550 g/mol. The molecule has 1 heterocycles. The summed E-state index contributed by atoms with van der Waals surface area (Å²) in [5.74, 6) is 1.73. The number of rotatable bonds is 9. The van der Waals surface area contributed by atoms with Gasteiger partial charge in [-0.2, -0.15) is 0 Å². The molecule has 0 spiro atoms. The van der Waals surface area contributed by atoms with Crippen molar-refractivity contribution >= 4 is 45.7 Å². The van der Waals surface area contributed by atoms with Crippen LogP contribution in [0, 0.1) is 11.3 Å². The van der Waals surface area contributed by atoms with E-state index in [4.69, 9.17) is 26.1 Å². The van der Waals surface area contributed by atoms with Gasteiger partial charge < -0.3 is 14.8 Å². The Morgan fingerprint density at radius 2 is 1.95 bits per heavy atom. The summed E-state index contributed by atoms with van der Waals surface area (Å²) in [7, 11) is 0. The van der Waals surface area contributed by atoms with Crippen molar-refractivity contribution in [3.8, 4) is 11.5 Å². The van der Waals surface area contributed by atoms with Crippen molar-refractivity contribution in [1.29, 1.82) is 0 Å². The van der Waals surface area contributed by atoms with E-state index >= 15 is 0 Å². The van der Waals surface area contributed by atoms with Gasteiger partial charge in [-0.05, 0) is 91.1 Å². The molecule has 0 unspecified atom stereocenters. The van der Waals surface area contributed by atoms with Crippen LogP contribution in [0.1, 0.15) is 60.5 Å². The Balaban J connectivity index is 1.68. The number of hydrogen-bond acceptors (Lipinski definition) is 5. The largest absolute Gasteiger partial charge is 0.490 e. The Kier molecular flexibility index (Phi) is 8.95. The van der Waals surface area contributed by atoms with Crippen LogP contribution in [0.5, 0.6) is 11.5 Å². The second-order valence-electron chi connectivity index (χ2n) is 10.4. The topological polar surface area (TPSA) is 59.9 Å². The maximum absolute atomic E-state index is 13.6. The second kappa shape index (κ2) is 12.2. The number of halogens is 1. The molecule has 0 bridgehead atoms. The average Bonchev–Trinajstić information content (AvgIpc) is 3.26. The van der Waals surface area contributed by atoms with Gasteiger partial charge in [-0.1, -0.05) is 45.0 Å². The maximum Gasteiger partial charge on any atom is 0.259 e. The summed E-state index contributed by atoms with van der Waals surface area (Å²) >= 11 is 7.66. The minimum absolute atomic E-state index is 0.144. The van der Waals surface area contributed by atoms with Crippen LogP contribution in [0.25, 0.3) is 0 Å². The van der Waals surface area contributed by atoms with Crippen LogP contribution >= 0.6 is 22.9 Å². The molecule has 1 aliphatic rings. The highest BCUT2D eigenvalue weighted by molar-refractivity contribution is 7.16. The van der Waals surface area contributed by atoms with Gasteiger partial charge in [0.05, 0.1) is 12.2 Å². The molecule has 200 valence electrons. The van der Waals surface area contributed by atoms with Gasteiger partial charge in [0.15, 0.2) is 11.5 Å². The van der Waals surface area contributed by atoms with E-state index in [-0.39, 0.29) is 11.3 Å². The van der Waals surface area contributed by atoms with E-state index in [1.807, 2.05) is 37.3 Å². The molecule has 5 nitrogen and oxygen atoms in total. The molecule has 3 aromatic rings. The van der Waals surface area contributed by atoms with Gasteiger partial charge in [-0.25, -0.2) is 4.99 Å². The summed E-state index contributed by atoms with van der Waals surface area (Å²) in [6, 6.07) is 12.9. The number of aliphatic imine (C=N–C) groups is 1. The van der Waals surface area contributed by atoms with Gasteiger partial charge in [-0.3, -0.25) is 4.79 Å². The molecule has 0 aliphatic heterocycles. The highest BCUT2D eigenvalue weighted by Gasteiger charge is 2.33. The SMILES string of the molecule is C=CCOc1ccc(C=Nc2sc3c(c2C(=O)Nc2ccc(Cl)cc2)CC[C@@H](C(C)(C)C)C3)cc1OCC. The molecule has 1 N–H and O–H groups in total. The zero-order chi connectivity index (χ0) is 27.3. The number of nitrogens with zero attached hydrogens (tertiary/aromatic N) is 1. The Bertz CT molecular complexity index is 1320. The Labute approximate surface area is 234 Å². The lowest BCUT2D eigenvalue weighted by molar-refractivity contribution is 0.102. The van der Waals surface area contributed by atoms with E-state index in [9.17, 15) is 4.79 Å². The molecule has 1 aromatic heterocycles. The molecular weight excluding hydrogens is 516 g/mol. The van der Waals surface area contributed by atoms with Crippen LogP contribution in [-0.2, 0) is 12.8 Å². The Hall–Kier alpha value is -3.09. The minimum Gasteiger partial charge on any atom is -0.490 e. The van der Waals surface area contributed by atoms with Crippen molar-refractivity contribution in [3.05, 3.63) is 81.7 Å². The number of hydrogen-bond donors (Lipinski definition) is 1. The molecule has 7 heteroatoms. The number of benzene rings is 2. The highest BCUT2D eigenvalue weighted by Crippen LogP contribution is 2.45. The zero-order valence-electron chi connectivity index (χ0n) is 22.5. The first-order chi connectivity index (χ1) is 18.2. The summed E-state index contributed by atoms with van der Waals surface area (Å²) in [4.78, 5) is 19.7. The average molecular weight is 551 g/mol. The molecule has 38 heavy (non-hydrogen) atoms. The number of anilines is 1. The van der Waals surface area contributed by atoms with E-state index < -0.39 is 0 Å². The van der Waals surface area contributed by atoms with E-state index in [1.165, 1.54) is 4.88 Å². The number of amides is 1. The number of nitrogens with one attached hydrogen (secondary N) is 1. The predicted molar refractivity (Wildman–Crippen MR) is 159 cm³/mol. The fourth-order valence-electron chi connectivity index (χ4n) is 4.64. The molecule has 1 atom stereocenters. The molecule has 0 radical (unpaired) electrons. The molecule has 4 rings (SSSR count). The van der Waals surface area contributed by atoms with Crippen LogP contribution in [0.15, 0.2) is 60.1 Å². The smallest absolute Gasteiger partial charge is 0.259 e. The number of thiophene rings is 1. The molecule has 0 fully saturated rings. The standard InChI is InChI=1S/C31H35ClN2O3S/c1-6-16-37-25-15-8-20(17-26(25)36-7-2)19-33-30-28(29(35)34-23-12-10-22(32)11-13-23)24-14-9-21(31(3,4)5)18-27(24)38-30/h6,8,10-13,15,17,19,21H,1,7,9,14,16,18H2,2-5H3,(H,34,35)/t21-/m1/s1. The van der Waals surface area contributed by atoms with Crippen molar-refractivity contribution in [3.63, 3.8) is 0 Å². The van der Waals surface area contributed by atoms with E-state index in [0.717, 1.165) is 35.4 Å². The van der Waals surface area contributed by atoms with Crippen molar-refractivity contribution in [1.82, 2.24) is 0 Å². The van der Waals surface area contributed by atoms with Crippen LogP contribution in [0.4, 0.5) is 10.7 Å². The van der Waals surface area contributed by atoms with Gasteiger partial charge in [0.1, 0.15) is 11.6 Å². The van der Waals surface area contributed by atoms with Crippen LogP contribution < -0.4 is 14.8 Å². The Morgan fingerprint density at radius 1 is 1.18 bits per heavy atom. The summed E-state index contributed by atoms with van der Waals surface area (Å²) in [5, 5.41) is 4.39. The van der Waals surface area contributed by atoms with Crippen molar-refractivity contribution < 1.29 is 14.3 Å². The molecule has 0 saturated heterocycles. The van der Waals surface area contributed by atoms with Gasteiger partial charge in [0.2, 0.25) is 0 Å². The molecule has 0 saturated carbocycles. The summed E-state index contributed by atoms with van der Waals surface area (Å²) in [6.07, 6.45) is 6.38. The van der Waals surface area contributed by atoms with E-state index in [1.54, 1.807) is 35.8 Å². The van der Waals surface area contributed by atoms with Crippen LogP contribution in [0.3, 0.4) is 0 Å². The third kappa shape index (κ3) is 6.66. The van der Waals surface area contributed by atoms with Crippen molar-refractivity contribution in [2.75, 3.05) is 18.5 Å². The van der Waals surface area contributed by atoms with Gasteiger partial charge >= 0.3 is 0 Å². The van der Waals surface area contributed by atoms with Crippen LogP contribution in [0.2, 0.25) is 5.02 Å². The van der Waals surface area contributed by atoms with Crippen molar-refractivity contribution in [2.24, 2.45) is 16.3 Å². The lowest BCUT2D eigenvalue weighted by atomic mass is 9.72. The second-order valence-corrected chi connectivity index (χ2v) is 12.0. The first-order valence-corrected chi connectivity index (χ1v) is 14.1. The molecular formula is C31H35ClN2O3S. The number of fused-ring (bicyclic) bond motifs is 1. The summed E-state index contributed by atoms with van der Waals surface area (Å²) in [5.41, 5.74) is 3.57. The summed E-state index contributed by atoms with van der Waals surface area (Å²) in [6.45, 7) is 13.4. The number of carbonyl (C=O) groups is 1. The van der Waals surface area contributed by atoms with Crippen LogP contribution in [-0.4, -0.2) is 25.3 Å². The van der Waals surface area contributed by atoms with E-state index in [0.29, 0.717) is 46.9 Å².